The van der Waals surface area contributed by atoms with Crippen molar-refractivity contribution in [2.45, 2.75) is 19.9 Å². The van der Waals surface area contributed by atoms with Crippen molar-refractivity contribution in [3.63, 3.8) is 0 Å². The number of carbonyl (C=O) groups excluding carboxylic acids is 2. The van der Waals surface area contributed by atoms with Gasteiger partial charge < -0.3 is 13.8 Å². The number of nitrogens with zero attached hydrogens (tertiary/aromatic N) is 4. The highest BCUT2D eigenvalue weighted by Gasteiger charge is 2.27. The van der Waals surface area contributed by atoms with E-state index in [0.29, 0.717) is 47.6 Å². The summed E-state index contributed by atoms with van der Waals surface area (Å²) in [5.74, 6) is 0.619. The number of aromatic nitrogens is 4. The summed E-state index contributed by atoms with van der Waals surface area (Å²) in [7, 11) is 0. The minimum Gasteiger partial charge on any atom is -0.463 e. The standard InChI is InChI=1S/C19H16N6O4S/c1-10-7-13(24-29-10)17(26)21-19-20-11-4-5-25(9-16(11)30-19)18(27)14-8-12(22-23-14)15-3-2-6-28-15/h2-3,6-8H,4-5,9H2,1H3,(H,22,23)(H,20,21,26). The van der Waals surface area contributed by atoms with Gasteiger partial charge in [-0.25, -0.2) is 4.98 Å². The predicted octanol–water partition coefficient (Wildman–Crippen LogP) is 2.87. The van der Waals surface area contributed by atoms with Gasteiger partial charge in [-0.1, -0.05) is 16.5 Å². The number of furan rings is 1. The Balaban J connectivity index is 1.28. The third kappa shape index (κ3) is 3.39. The van der Waals surface area contributed by atoms with Gasteiger partial charge in [-0.05, 0) is 19.1 Å². The van der Waals surface area contributed by atoms with Crippen LogP contribution in [0.1, 0.15) is 37.3 Å². The van der Waals surface area contributed by atoms with Gasteiger partial charge in [0.15, 0.2) is 22.3 Å². The minimum absolute atomic E-state index is 0.174. The van der Waals surface area contributed by atoms with Crippen molar-refractivity contribution in [3.8, 4) is 11.5 Å². The second kappa shape index (κ2) is 7.26. The number of hydrogen-bond donors (Lipinski definition) is 2. The maximum Gasteiger partial charge on any atom is 0.279 e. The van der Waals surface area contributed by atoms with Crippen LogP contribution in [0, 0.1) is 6.92 Å². The summed E-state index contributed by atoms with van der Waals surface area (Å²) >= 11 is 1.35. The van der Waals surface area contributed by atoms with E-state index < -0.39 is 0 Å². The molecule has 30 heavy (non-hydrogen) atoms. The Kier molecular flexibility index (Phi) is 4.43. The largest absolute Gasteiger partial charge is 0.463 e. The van der Waals surface area contributed by atoms with Crippen LogP contribution in [0.4, 0.5) is 5.13 Å². The SMILES string of the molecule is Cc1cc(C(=O)Nc2nc3c(s2)CN(C(=O)c2cc(-c4ccco4)[nH]n2)CC3)no1. The Morgan fingerprint density at radius 2 is 2.20 bits per heavy atom. The number of fused-ring (bicyclic) bond motifs is 1. The van der Waals surface area contributed by atoms with Crippen LogP contribution in [-0.4, -0.2) is 43.6 Å². The van der Waals surface area contributed by atoms with Crippen molar-refractivity contribution in [2.75, 3.05) is 11.9 Å². The Labute approximate surface area is 173 Å². The Bertz CT molecular complexity index is 1220. The molecule has 11 heteroatoms. The van der Waals surface area contributed by atoms with Crippen LogP contribution in [0.5, 0.6) is 0 Å². The van der Waals surface area contributed by atoms with Crippen LogP contribution in [0.15, 0.2) is 39.5 Å². The molecule has 2 amide bonds. The second-order valence-electron chi connectivity index (χ2n) is 6.79. The Morgan fingerprint density at radius 1 is 1.30 bits per heavy atom. The first-order valence-corrected chi connectivity index (χ1v) is 10.0. The molecule has 0 unspecified atom stereocenters. The first kappa shape index (κ1) is 18.3. The van der Waals surface area contributed by atoms with Gasteiger partial charge in [-0.15, -0.1) is 0 Å². The molecule has 1 aliphatic heterocycles. The number of H-pyrrole nitrogens is 1. The Hall–Kier alpha value is -3.73. The van der Waals surface area contributed by atoms with Gasteiger partial charge in [-0.3, -0.25) is 20.0 Å². The van der Waals surface area contributed by atoms with E-state index >= 15 is 0 Å². The van der Waals surface area contributed by atoms with Crippen LogP contribution in [0.3, 0.4) is 0 Å². The van der Waals surface area contributed by atoms with Crippen LogP contribution in [0.2, 0.25) is 0 Å². The van der Waals surface area contributed by atoms with Crippen molar-refractivity contribution < 1.29 is 18.5 Å². The molecule has 0 saturated heterocycles. The van der Waals surface area contributed by atoms with E-state index in [1.54, 1.807) is 42.4 Å². The molecular formula is C19H16N6O4S. The highest BCUT2D eigenvalue weighted by molar-refractivity contribution is 7.15. The van der Waals surface area contributed by atoms with E-state index in [0.717, 1.165) is 10.6 Å². The summed E-state index contributed by atoms with van der Waals surface area (Å²) in [6, 6.07) is 6.80. The first-order valence-electron chi connectivity index (χ1n) is 9.18. The lowest BCUT2D eigenvalue weighted by molar-refractivity contribution is 0.0730. The van der Waals surface area contributed by atoms with Gasteiger partial charge in [0.2, 0.25) is 0 Å². The Morgan fingerprint density at radius 3 is 2.97 bits per heavy atom. The number of anilines is 1. The molecule has 4 aromatic heterocycles. The summed E-state index contributed by atoms with van der Waals surface area (Å²) in [6.07, 6.45) is 2.17. The fraction of sp³-hybridized carbons (Fsp3) is 0.211. The van der Waals surface area contributed by atoms with Crippen molar-refractivity contribution in [1.82, 2.24) is 25.2 Å². The predicted molar refractivity (Wildman–Crippen MR) is 106 cm³/mol. The molecule has 152 valence electrons. The topological polar surface area (TPSA) is 130 Å². The molecule has 0 aromatic carbocycles. The molecular weight excluding hydrogens is 408 g/mol. The highest BCUT2D eigenvalue weighted by atomic mass is 32.1. The summed E-state index contributed by atoms with van der Waals surface area (Å²) in [5, 5.41) is 13.9. The van der Waals surface area contributed by atoms with Crippen LogP contribution >= 0.6 is 11.3 Å². The number of hydrogen-bond acceptors (Lipinski definition) is 8. The van der Waals surface area contributed by atoms with E-state index in [2.05, 4.69) is 25.7 Å². The van der Waals surface area contributed by atoms with Crippen LogP contribution < -0.4 is 5.32 Å². The third-order valence-corrected chi connectivity index (χ3v) is 5.68. The van der Waals surface area contributed by atoms with Crippen molar-refractivity contribution in [2.24, 2.45) is 0 Å². The van der Waals surface area contributed by atoms with Crippen LogP contribution in [-0.2, 0) is 13.0 Å². The van der Waals surface area contributed by atoms with Gasteiger partial charge >= 0.3 is 0 Å². The van der Waals surface area contributed by atoms with E-state index in [9.17, 15) is 9.59 Å². The minimum atomic E-state index is -0.382. The monoisotopic (exact) mass is 424 g/mol. The fourth-order valence-electron chi connectivity index (χ4n) is 3.21. The molecule has 4 aromatic rings. The van der Waals surface area contributed by atoms with E-state index in [-0.39, 0.29) is 17.5 Å². The molecule has 0 atom stereocenters. The molecule has 5 rings (SSSR count). The summed E-state index contributed by atoms with van der Waals surface area (Å²) < 4.78 is 10.3. The van der Waals surface area contributed by atoms with Gasteiger partial charge in [0.25, 0.3) is 11.8 Å². The van der Waals surface area contributed by atoms with Gasteiger partial charge in [-0.2, -0.15) is 5.10 Å². The zero-order valence-electron chi connectivity index (χ0n) is 15.8. The lowest BCUT2D eigenvalue weighted by atomic mass is 10.1. The number of aromatic amines is 1. The normalized spacial score (nSPS) is 13.3. The molecule has 5 heterocycles. The van der Waals surface area contributed by atoms with E-state index in [1.165, 1.54) is 11.3 Å². The maximum atomic E-state index is 12.9. The number of carbonyl (C=O) groups is 2. The number of nitrogens with one attached hydrogen (secondary N) is 2. The van der Waals surface area contributed by atoms with Crippen molar-refractivity contribution in [1.29, 1.82) is 0 Å². The number of rotatable bonds is 4. The van der Waals surface area contributed by atoms with Crippen molar-refractivity contribution in [3.05, 3.63) is 58.2 Å². The zero-order chi connectivity index (χ0) is 20.7. The smallest absolute Gasteiger partial charge is 0.279 e. The average Bonchev–Trinajstić information content (AvgIpc) is 3.52. The molecule has 0 aliphatic carbocycles. The summed E-state index contributed by atoms with van der Waals surface area (Å²) in [5.41, 5.74) is 2.05. The van der Waals surface area contributed by atoms with E-state index in [1.807, 2.05) is 0 Å². The molecule has 0 radical (unpaired) electrons. The lowest BCUT2D eigenvalue weighted by Crippen LogP contribution is -2.35. The zero-order valence-corrected chi connectivity index (χ0v) is 16.7. The van der Waals surface area contributed by atoms with Gasteiger partial charge in [0, 0.05) is 30.0 Å². The molecule has 10 nitrogen and oxygen atoms in total. The third-order valence-electron chi connectivity index (χ3n) is 4.68. The molecule has 0 spiro atoms. The average molecular weight is 424 g/mol. The molecule has 2 N–H and O–H groups in total. The number of amides is 2. The van der Waals surface area contributed by atoms with E-state index in [4.69, 9.17) is 8.94 Å². The number of thiazole rings is 1. The molecule has 1 aliphatic rings. The molecule has 0 bridgehead atoms. The molecule has 0 fully saturated rings. The number of aryl methyl sites for hydroxylation is 1. The summed E-state index contributed by atoms with van der Waals surface area (Å²) in [4.78, 5) is 32.3. The lowest BCUT2D eigenvalue weighted by Gasteiger charge is -2.25. The van der Waals surface area contributed by atoms with Crippen molar-refractivity contribution >= 4 is 28.3 Å². The quantitative estimate of drug-likeness (QED) is 0.515. The van der Waals surface area contributed by atoms with Gasteiger partial charge in [0.05, 0.1) is 18.5 Å². The maximum absolute atomic E-state index is 12.9. The van der Waals surface area contributed by atoms with Crippen LogP contribution in [0.25, 0.3) is 11.5 Å². The highest BCUT2D eigenvalue weighted by Crippen LogP contribution is 2.29. The fourth-order valence-corrected chi connectivity index (χ4v) is 4.23. The van der Waals surface area contributed by atoms with Gasteiger partial charge in [0.1, 0.15) is 11.5 Å². The second-order valence-corrected chi connectivity index (χ2v) is 7.87. The first-order chi connectivity index (χ1) is 14.6. The summed E-state index contributed by atoms with van der Waals surface area (Å²) in [6.45, 7) is 2.65. The molecule has 0 saturated carbocycles.